The number of oxime groups is 1. The minimum Gasteiger partial charge on any atom is -0.508 e. The van der Waals surface area contributed by atoms with E-state index in [1.807, 2.05) is 32.1 Å². The first-order chi connectivity index (χ1) is 14.3. The van der Waals surface area contributed by atoms with E-state index >= 15 is 0 Å². The SMILES string of the molecule is CC(C)[C@@H]1C/C=C/CC/C=C/C(=NOCC(=O)O)Cc2cc(O)cc(O)c2C(=O)O1. The van der Waals surface area contributed by atoms with Crippen molar-refractivity contribution < 1.29 is 34.5 Å². The minimum absolute atomic E-state index is 0.0185. The Balaban J connectivity index is 2.46. The second-order valence-electron chi connectivity index (χ2n) is 7.30. The second-order valence-corrected chi connectivity index (χ2v) is 7.30. The Morgan fingerprint density at radius 1 is 1.23 bits per heavy atom. The van der Waals surface area contributed by atoms with Crippen LogP contribution in [0, 0.1) is 5.92 Å². The van der Waals surface area contributed by atoms with Gasteiger partial charge in [0.15, 0.2) is 0 Å². The highest BCUT2D eigenvalue weighted by Gasteiger charge is 2.24. The number of nitrogens with zero attached hydrogens (tertiary/aromatic N) is 1. The van der Waals surface area contributed by atoms with E-state index in [2.05, 4.69) is 5.16 Å². The van der Waals surface area contributed by atoms with Crippen molar-refractivity contribution in [1.82, 2.24) is 0 Å². The molecule has 30 heavy (non-hydrogen) atoms. The monoisotopic (exact) mass is 417 g/mol. The molecule has 0 bridgehead atoms. The molecule has 0 amide bonds. The molecule has 0 fully saturated rings. The summed E-state index contributed by atoms with van der Waals surface area (Å²) in [6.07, 6.45) is 9.17. The van der Waals surface area contributed by atoms with Crippen LogP contribution >= 0.6 is 0 Å². The van der Waals surface area contributed by atoms with Gasteiger partial charge in [-0.1, -0.05) is 37.2 Å². The topological polar surface area (TPSA) is 126 Å². The first-order valence-corrected chi connectivity index (χ1v) is 9.76. The molecule has 8 heteroatoms. The van der Waals surface area contributed by atoms with Gasteiger partial charge in [0.05, 0.1) is 5.71 Å². The van der Waals surface area contributed by atoms with Gasteiger partial charge in [0.2, 0.25) is 6.61 Å². The molecular formula is C22H27NO7. The number of carboxylic acids is 1. The molecule has 1 aliphatic rings. The number of fused-ring (bicyclic) bond motifs is 1. The van der Waals surface area contributed by atoms with Gasteiger partial charge in [-0.2, -0.15) is 0 Å². The van der Waals surface area contributed by atoms with Gasteiger partial charge in [-0.05, 0) is 36.5 Å². The third-order valence-electron chi connectivity index (χ3n) is 4.48. The lowest BCUT2D eigenvalue weighted by molar-refractivity contribution is -0.142. The Kier molecular flexibility index (Phi) is 8.46. The van der Waals surface area contributed by atoms with Crippen molar-refractivity contribution in [3.8, 4) is 11.5 Å². The molecule has 0 aliphatic carbocycles. The number of ether oxygens (including phenoxy) is 1. The van der Waals surface area contributed by atoms with Gasteiger partial charge in [-0.15, -0.1) is 0 Å². The fourth-order valence-corrected chi connectivity index (χ4v) is 2.94. The lowest BCUT2D eigenvalue weighted by Crippen LogP contribution is -2.24. The highest BCUT2D eigenvalue weighted by molar-refractivity contribution is 6.00. The van der Waals surface area contributed by atoms with E-state index in [4.69, 9.17) is 14.7 Å². The first kappa shape index (κ1) is 23.0. The van der Waals surface area contributed by atoms with Crippen molar-refractivity contribution in [3.63, 3.8) is 0 Å². The van der Waals surface area contributed by atoms with Crippen molar-refractivity contribution in [2.75, 3.05) is 6.61 Å². The minimum atomic E-state index is -1.17. The number of carbonyl (C=O) groups is 2. The van der Waals surface area contributed by atoms with Gasteiger partial charge in [0, 0.05) is 18.9 Å². The Morgan fingerprint density at radius 2 is 1.97 bits per heavy atom. The Hall–Kier alpha value is -3.29. The smallest absolute Gasteiger partial charge is 0.344 e. The number of rotatable bonds is 4. The molecule has 0 aromatic heterocycles. The lowest BCUT2D eigenvalue weighted by atomic mass is 9.98. The van der Waals surface area contributed by atoms with Crippen molar-refractivity contribution in [3.05, 3.63) is 47.6 Å². The number of cyclic esters (lactones) is 1. The quantitative estimate of drug-likeness (QED) is 0.388. The summed E-state index contributed by atoms with van der Waals surface area (Å²) in [6.45, 7) is 3.27. The molecule has 1 aromatic carbocycles. The molecule has 0 unspecified atom stereocenters. The lowest BCUT2D eigenvalue weighted by Gasteiger charge is -2.21. The van der Waals surface area contributed by atoms with Gasteiger partial charge in [-0.25, -0.2) is 9.59 Å². The molecule has 0 radical (unpaired) electrons. The van der Waals surface area contributed by atoms with Crippen LogP contribution in [0.4, 0.5) is 0 Å². The number of phenols is 2. The summed E-state index contributed by atoms with van der Waals surface area (Å²) >= 11 is 0. The highest BCUT2D eigenvalue weighted by atomic mass is 16.6. The number of hydrogen-bond donors (Lipinski definition) is 3. The Morgan fingerprint density at radius 3 is 2.67 bits per heavy atom. The summed E-state index contributed by atoms with van der Waals surface area (Å²) in [7, 11) is 0. The second kappa shape index (κ2) is 11.0. The summed E-state index contributed by atoms with van der Waals surface area (Å²) in [4.78, 5) is 28.4. The third-order valence-corrected chi connectivity index (χ3v) is 4.48. The van der Waals surface area contributed by atoms with Crippen LogP contribution in [0.25, 0.3) is 0 Å². The number of phenolic OH excluding ortho intramolecular Hbond substituents is 2. The van der Waals surface area contributed by atoms with E-state index in [0.29, 0.717) is 12.1 Å². The summed E-state index contributed by atoms with van der Waals surface area (Å²) in [5.41, 5.74) is 0.547. The maximum absolute atomic E-state index is 12.9. The number of carbonyl (C=O) groups excluding carboxylic acids is 1. The maximum atomic E-state index is 12.9. The molecule has 1 atom stereocenters. The van der Waals surface area contributed by atoms with Crippen molar-refractivity contribution in [2.24, 2.45) is 11.1 Å². The normalized spacial score (nSPS) is 21.4. The molecule has 162 valence electrons. The summed E-state index contributed by atoms with van der Waals surface area (Å²) in [5.74, 6) is -2.45. The zero-order valence-corrected chi connectivity index (χ0v) is 17.1. The van der Waals surface area contributed by atoms with Crippen molar-refractivity contribution >= 4 is 17.7 Å². The molecule has 2 rings (SSSR count). The van der Waals surface area contributed by atoms with Gasteiger partial charge < -0.3 is 24.9 Å². The number of aliphatic carboxylic acids is 1. The number of allylic oxidation sites excluding steroid dienone is 3. The van der Waals surface area contributed by atoms with E-state index in [1.165, 1.54) is 6.07 Å². The van der Waals surface area contributed by atoms with Gasteiger partial charge in [-0.3, -0.25) is 0 Å². The van der Waals surface area contributed by atoms with Crippen LogP contribution in [0.3, 0.4) is 0 Å². The number of carboxylic acid groups (broad SMARTS) is 1. The summed E-state index contributed by atoms with van der Waals surface area (Å²) in [5, 5.41) is 32.8. The van der Waals surface area contributed by atoms with E-state index in [-0.39, 0.29) is 35.3 Å². The molecule has 1 aromatic rings. The van der Waals surface area contributed by atoms with Crippen molar-refractivity contribution in [2.45, 2.75) is 45.6 Å². The van der Waals surface area contributed by atoms with Crippen LogP contribution in [-0.2, 0) is 20.8 Å². The van der Waals surface area contributed by atoms with Crippen LogP contribution in [0.1, 0.15) is 49.0 Å². The van der Waals surface area contributed by atoms with Gasteiger partial charge in [0.1, 0.15) is 23.2 Å². The predicted molar refractivity (Wildman–Crippen MR) is 111 cm³/mol. The average molecular weight is 417 g/mol. The molecule has 1 aliphatic heterocycles. The largest absolute Gasteiger partial charge is 0.508 e. The van der Waals surface area contributed by atoms with Crippen molar-refractivity contribution in [1.29, 1.82) is 0 Å². The van der Waals surface area contributed by atoms with E-state index in [1.54, 1.807) is 6.08 Å². The number of benzene rings is 1. The van der Waals surface area contributed by atoms with Crippen LogP contribution in [0.5, 0.6) is 11.5 Å². The van der Waals surface area contributed by atoms with Crippen LogP contribution in [-0.4, -0.2) is 45.7 Å². The van der Waals surface area contributed by atoms with Gasteiger partial charge >= 0.3 is 11.9 Å². The zero-order chi connectivity index (χ0) is 22.1. The fourth-order valence-electron chi connectivity index (χ4n) is 2.94. The van der Waals surface area contributed by atoms with E-state index in [9.17, 15) is 19.8 Å². The molecule has 0 saturated heterocycles. The highest BCUT2D eigenvalue weighted by Crippen LogP contribution is 2.30. The first-order valence-electron chi connectivity index (χ1n) is 9.76. The third kappa shape index (κ3) is 6.95. The summed E-state index contributed by atoms with van der Waals surface area (Å²) in [6, 6.07) is 2.41. The van der Waals surface area contributed by atoms with Crippen LogP contribution in [0.2, 0.25) is 0 Å². The predicted octanol–water partition coefficient (Wildman–Crippen LogP) is 3.58. The van der Waals surface area contributed by atoms with Crippen LogP contribution < -0.4 is 0 Å². The Labute approximate surface area is 175 Å². The molecule has 3 N–H and O–H groups in total. The van der Waals surface area contributed by atoms with Gasteiger partial charge in [0.25, 0.3) is 0 Å². The van der Waals surface area contributed by atoms with E-state index in [0.717, 1.165) is 18.9 Å². The number of hydrogen-bond acceptors (Lipinski definition) is 7. The van der Waals surface area contributed by atoms with Crippen LogP contribution in [0.15, 0.2) is 41.6 Å². The average Bonchev–Trinajstić information content (AvgIpc) is 2.64. The maximum Gasteiger partial charge on any atom is 0.344 e. The molecule has 0 spiro atoms. The Bertz CT molecular complexity index is 855. The molecular weight excluding hydrogens is 390 g/mol. The number of esters is 1. The number of aromatic hydroxyl groups is 2. The van der Waals surface area contributed by atoms with E-state index < -0.39 is 24.3 Å². The molecule has 8 nitrogen and oxygen atoms in total. The molecule has 0 saturated carbocycles. The standard InChI is InChI=1S/C22H27NO7/c1-14(2)19-9-7-5-3-4-6-8-16(23-29-13-20(26)27)10-15-11-17(24)12-18(25)21(15)22(28)30-19/h5-8,11-12,14,19,24-25H,3-4,9-10,13H2,1-2H3,(H,26,27)/b7-5+,8-6+,23-16?/t19-/m0/s1. The molecule has 1 heterocycles. The zero-order valence-electron chi connectivity index (χ0n) is 17.1. The summed E-state index contributed by atoms with van der Waals surface area (Å²) < 4.78 is 5.65. The fraction of sp³-hybridized carbons (Fsp3) is 0.409.